The van der Waals surface area contributed by atoms with Gasteiger partial charge in [-0.1, -0.05) is 41.9 Å². The number of hydrogen-bond acceptors (Lipinski definition) is 4. The Morgan fingerprint density at radius 3 is 2.50 bits per heavy atom. The zero-order chi connectivity index (χ0) is 22.3. The normalized spacial score (nSPS) is 11.0. The van der Waals surface area contributed by atoms with Crippen molar-refractivity contribution in [2.45, 2.75) is 32.1 Å². The summed E-state index contributed by atoms with van der Waals surface area (Å²) in [7, 11) is 0. The highest BCUT2D eigenvalue weighted by Crippen LogP contribution is 2.13. The van der Waals surface area contributed by atoms with Crippen LogP contribution in [0, 0.1) is 0 Å². The predicted molar refractivity (Wildman–Crippen MR) is 124 cm³/mol. The molecule has 0 fully saturated rings. The van der Waals surface area contributed by atoms with Crippen LogP contribution in [0.5, 0.6) is 0 Å². The Kier molecular flexibility index (Phi) is 6.97. The van der Waals surface area contributed by atoms with Gasteiger partial charge in [-0.3, -0.25) is 18.6 Å². The number of hydrogen-bond donors (Lipinski definition) is 1. The summed E-state index contributed by atoms with van der Waals surface area (Å²) in [5.74, 6) is 0.689. The molecule has 1 amide bonds. The molecule has 0 spiro atoms. The largest absolute Gasteiger partial charge is 0.356 e. The van der Waals surface area contributed by atoms with Crippen LogP contribution in [-0.2, 0) is 17.6 Å². The first-order valence-electron chi connectivity index (χ1n) is 10.6. The quantitative estimate of drug-likeness (QED) is 0.396. The van der Waals surface area contributed by atoms with Crippen molar-refractivity contribution in [2.75, 3.05) is 6.54 Å². The average Bonchev–Trinajstić information content (AvgIpc) is 3.22. The summed E-state index contributed by atoms with van der Waals surface area (Å²) >= 11 is 5.93. The number of carbonyl (C=O) groups is 1. The zero-order valence-electron chi connectivity index (χ0n) is 17.6. The van der Waals surface area contributed by atoms with E-state index in [4.69, 9.17) is 11.6 Å². The fraction of sp³-hybridized carbons (Fsp3) is 0.250. The first-order chi connectivity index (χ1) is 15.6. The van der Waals surface area contributed by atoms with Crippen LogP contribution < -0.4 is 10.9 Å². The summed E-state index contributed by atoms with van der Waals surface area (Å²) < 4.78 is 3.19. The standard InChI is InChI=1S/C24H24ClN5O2/c25-19-11-13-20(14-12-19)29-16-17-30-21(27-28-23(30)24(29)32)9-4-10-22(31)26-15-5-8-18-6-2-1-3-7-18/h1-3,6-7,11-14,16-17H,4-5,8-10,15H2,(H,26,31). The van der Waals surface area contributed by atoms with Crippen molar-refractivity contribution >= 4 is 23.2 Å². The van der Waals surface area contributed by atoms with Gasteiger partial charge < -0.3 is 5.32 Å². The number of nitrogens with one attached hydrogen (secondary N) is 1. The molecule has 2 heterocycles. The van der Waals surface area contributed by atoms with Gasteiger partial charge in [-0.2, -0.15) is 0 Å². The third kappa shape index (κ3) is 5.23. The molecule has 2 aromatic heterocycles. The van der Waals surface area contributed by atoms with Crippen LogP contribution >= 0.6 is 11.6 Å². The van der Waals surface area contributed by atoms with E-state index >= 15 is 0 Å². The van der Waals surface area contributed by atoms with Crippen LogP contribution in [0.1, 0.15) is 30.7 Å². The van der Waals surface area contributed by atoms with Crippen molar-refractivity contribution in [1.29, 1.82) is 0 Å². The van der Waals surface area contributed by atoms with Crippen molar-refractivity contribution in [3.05, 3.63) is 93.8 Å². The lowest BCUT2D eigenvalue weighted by Gasteiger charge is -2.07. The maximum atomic E-state index is 12.8. The lowest BCUT2D eigenvalue weighted by Crippen LogP contribution is -2.24. The summed E-state index contributed by atoms with van der Waals surface area (Å²) in [6.07, 6.45) is 6.90. The second-order valence-electron chi connectivity index (χ2n) is 7.55. The maximum Gasteiger partial charge on any atom is 0.300 e. The van der Waals surface area contributed by atoms with Crippen molar-refractivity contribution in [3.63, 3.8) is 0 Å². The molecule has 0 atom stereocenters. The molecule has 164 valence electrons. The van der Waals surface area contributed by atoms with E-state index in [1.54, 1.807) is 41.1 Å². The summed E-state index contributed by atoms with van der Waals surface area (Å²) in [6.45, 7) is 0.659. The summed E-state index contributed by atoms with van der Waals surface area (Å²) in [5.41, 5.74) is 1.97. The van der Waals surface area contributed by atoms with Crippen molar-refractivity contribution in [3.8, 4) is 5.69 Å². The molecule has 4 aromatic rings. The Labute approximate surface area is 190 Å². The van der Waals surface area contributed by atoms with Gasteiger partial charge >= 0.3 is 5.56 Å². The van der Waals surface area contributed by atoms with E-state index in [9.17, 15) is 9.59 Å². The highest BCUT2D eigenvalue weighted by Gasteiger charge is 2.12. The van der Waals surface area contributed by atoms with Gasteiger partial charge in [-0.25, -0.2) is 0 Å². The van der Waals surface area contributed by atoms with Crippen LogP contribution in [0.2, 0.25) is 5.02 Å². The molecule has 0 unspecified atom stereocenters. The minimum absolute atomic E-state index is 0.0250. The topological polar surface area (TPSA) is 81.3 Å². The molecule has 0 aliphatic rings. The lowest BCUT2D eigenvalue weighted by molar-refractivity contribution is -0.121. The third-order valence-electron chi connectivity index (χ3n) is 5.26. The number of aromatic nitrogens is 4. The van der Waals surface area contributed by atoms with Gasteiger partial charge in [-0.15, -0.1) is 10.2 Å². The molecule has 1 N–H and O–H groups in total. The number of benzene rings is 2. The average molecular weight is 450 g/mol. The fourth-order valence-corrected chi connectivity index (χ4v) is 3.70. The van der Waals surface area contributed by atoms with E-state index in [0.717, 1.165) is 12.8 Å². The predicted octanol–water partition coefficient (Wildman–Crippen LogP) is 3.61. The maximum absolute atomic E-state index is 12.8. The first-order valence-corrected chi connectivity index (χ1v) is 11.0. The summed E-state index contributed by atoms with van der Waals surface area (Å²) in [6, 6.07) is 17.2. The van der Waals surface area contributed by atoms with Crippen LogP contribution in [0.25, 0.3) is 11.3 Å². The Bertz CT molecular complexity index is 1250. The highest BCUT2D eigenvalue weighted by atomic mass is 35.5. The van der Waals surface area contributed by atoms with Gasteiger partial charge in [-0.05, 0) is 49.1 Å². The molecule has 2 aromatic carbocycles. The Morgan fingerprint density at radius 1 is 0.938 bits per heavy atom. The van der Waals surface area contributed by atoms with Gasteiger partial charge in [0.15, 0.2) is 0 Å². The van der Waals surface area contributed by atoms with Crippen LogP contribution in [0.4, 0.5) is 0 Å². The van der Waals surface area contributed by atoms with E-state index in [2.05, 4.69) is 27.6 Å². The van der Waals surface area contributed by atoms with Gasteiger partial charge in [0.25, 0.3) is 0 Å². The molecule has 0 saturated carbocycles. The number of carbonyl (C=O) groups excluding carboxylic acids is 1. The van der Waals surface area contributed by atoms with Crippen molar-refractivity contribution < 1.29 is 4.79 Å². The minimum atomic E-state index is -0.260. The molecule has 0 aliphatic heterocycles. The molecular formula is C24H24ClN5O2. The van der Waals surface area contributed by atoms with Gasteiger partial charge in [0.05, 0.1) is 0 Å². The molecule has 32 heavy (non-hydrogen) atoms. The number of nitrogens with zero attached hydrogens (tertiary/aromatic N) is 4. The number of aryl methyl sites for hydroxylation is 2. The van der Waals surface area contributed by atoms with Gasteiger partial charge in [0, 0.05) is 42.5 Å². The molecule has 4 rings (SSSR count). The molecule has 0 aliphatic carbocycles. The molecule has 0 bridgehead atoms. The Balaban J connectivity index is 1.29. The number of halogens is 1. The van der Waals surface area contributed by atoms with Crippen LogP contribution in [0.3, 0.4) is 0 Å². The number of amides is 1. The first kappa shape index (κ1) is 21.8. The summed E-state index contributed by atoms with van der Waals surface area (Å²) in [4.78, 5) is 24.9. The fourth-order valence-electron chi connectivity index (χ4n) is 3.57. The van der Waals surface area contributed by atoms with E-state index < -0.39 is 0 Å². The minimum Gasteiger partial charge on any atom is -0.356 e. The second-order valence-corrected chi connectivity index (χ2v) is 7.99. The smallest absolute Gasteiger partial charge is 0.300 e. The summed E-state index contributed by atoms with van der Waals surface area (Å²) in [5, 5.41) is 11.8. The van der Waals surface area contributed by atoms with Crippen molar-refractivity contribution in [2.24, 2.45) is 0 Å². The van der Waals surface area contributed by atoms with E-state index in [1.807, 2.05) is 18.2 Å². The molecule has 7 nitrogen and oxygen atoms in total. The third-order valence-corrected chi connectivity index (χ3v) is 5.51. The Morgan fingerprint density at radius 2 is 1.72 bits per heavy atom. The zero-order valence-corrected chi connectivity index (χ0v) is 18.3. The number of fused-ring (bicyclic) bond motifs is 1. The molecule has 0 radical (unpaired) electrons. The number of rotatable bonds is 9. The Hall–Kier alpha value is -3.45. The van der Waals surface area contributed by atoms with Crippen LogP contribution in [-0.4, -0.2) is 31.6 Å². The highest BCUT2D eigenvalue weighted by molar-refractivity contribution is 6.30. The SMILES string of the molecule is O=C(CCCc1nnc2c(=O)n(-c3ccc(Cl)cc3)ccn12)NCCCc1ccccc1. The lowest BCUT2D eigenvalue weighted by atomic mass is 10.1. The van der Waals surface area contributed by atoms with Gasteiger partial charge in [0.2, 0.25) is 11.6 Å². The van der Waals surface area contributed by atoms with E-state index in [1.165, 1.54) is 10.1 Å². The second kappa shape index (κ2) is 10.2. The van der Waals surface area contributed by atoms with E-state index in [-0.39, 0.29) is 17.1 Å². The van der Waals surface area contributed by atoms with Crippen LogP contribution in [0.15, 0.2) is 71.8 Å². The molecular weight excluding hydrogens is 426 g/mol. The monoisotopic (exact) mass is 449 g/mol. The molecule has 8 heteroatoms. The van der Waals surface area contributed by atoms with Crippen molar-refractivity contribution in [1.82, 2.24) is 24.5 Å². The molecule has 0 saturated heterocycles. The van der Waals surface area contributed by atoms with Gasteiger partial charge in [0.1, 0.15) is 5.82 Å². The van der Waals surface area contributed by atoms with E-state index in [0.29, 0.717) is 42.3 Å².